The van der Waals surface area contributed by atoms with Crippen molar-refractivity contribution in [3.05, 3.63) is 101 Å². The molecule has 2 aromatic carbocycles. The molecule has 0 aliphatic rings. The molecule has 0 radical (unpaired) electrons. The molecule has 7 heteroatoms. The number of anilines is 1. The first-order valence-electron chi connectivity index (χ1n) is 13.9. The van der Waals surface area contributed by atoms with Gasteiger partial charge >= 0.3 is 0 Å². The number of allylic oxidation sites excluding steroid dienone is 1. The summed E-state index contributed by atoms with van der Waals surface area (Å²) in [5.74, 6) is -0.0763. The van der Waals surface area contributed by atoms with Gasteiger partial charge in [-0.2, -0.15) is 0 Å². The van der Waals surface area contributed by atoms with Crippen LogP contribution in [0.3, 0.4) is 0 Å². The maximum atomic E-state index is 13.6. The summed E-state index contributed by atoms with van der Waals surface area (Å²) in [5.41, 5.74) is 7.86. The highest BCUT2D eigenvalue weighted by atomic mass is 16.2. The van der Waals surface area contributed by atoms with Crippen LogP contribution in [0.5, 0.6) is 0 Å². The molecule has 0 bridgehead atoms. The highest BCUT2D eigenvalue weighted by molar-refractivity contribution is 6.13. The molecule has 0 aliphatic heterocycles. The van der Waals surface area contributed by atoms with E-state index >= 15 is 0 Å². The van der Waals surface area contributed by atoms with Crippen molar-refractivity contribution in [2.75, 3.05) is 11.9 Å². The van der Waals surface area contributed by atoms with Crippen LogP contribution in [-0.2, 0) is 0 Å². The van der Waals surface area contributed by atoms with Gasteiger partial charge in [-0.15, -0.1) is 0 Å². The van der Waals surface area contributed by atoms with Gasteiger partial charge in [0.25, 0.3) is 11.8 Å². The van der Waals surface area contributed by atoms with E-state index in [1.54, 1.807) is 42.7 Å². The van der Waals surface area contributed by atoms with Crippen molar-refractivity contribution in [3.8, 4) is 11.3 Å². The maximum absolute atomic E-state index is 13.6. The number of carbonyl (C=O) groups is 2. The fourth-order valence-electron chi connectivity index (χ4n) is 4.37. The molecule has 2 amide bonds. The van der Waals surface area contributed by atoms with Gasteiger partial charge < -0.3 is 10.6 Å². The van der Waals surface area contributed by atoms with Crippen molar-refractivity contribution in [2.45, 2.75) is 48.0 Å². The summed E-state index contributed by atoms with van der Waals surface area (Å²) in [4.78, 5) is 40.0. The summed E-state index contributed by atoms with van der Waals surface area (Å²) in [5, 5.41) is 6.73. The molecule has 210 valence electrons. The molecule has 0 fully saturated rings. The van der Waals surface area contributed by atoms with Crippen LogP contribution in [0.25, 0.3) is 22.2 Å². The monoisotopic (exact) mass is 547 g/mol. The standard InChI is InChI=1S/C34H37N5O2/c1-7-22(4)18-36-31(21(2)3)20-37-33(40)25-10-12-27(13-11-25)38-34(41)29-17-30(26-9-8-14-35-19-26)39-32-24(6)15-23(5)16-28(29)32/h8-19,22H,7,20H2,1-6H3,(H,37,40)(H,38,41). The van der Waals surface area contributed by atoms with E-state index in [2.05, 4.69) is 40.5 Å². The molecule has 0 aliphatic carbocycles. The van der Waals surface area contributed by atoms with Gasteiger partial charge in [0.05, 0.1) is 29.0 Å². The number of nitrogens with zero attached hydrogens (tertiary/aromatic N) is 3. The largest absolute Gasteiger partial charge is 0.346 e. The number of aromatic nitrogens is 2. The number of carbonyl (C=O) groups excluding carboxylic acids is 2. The van der Waals surface area contributed by atoms with Gasteiger partial charge in [-0.25, -0.2) is 4.98 Å². The molecule has 2 aromatic heterocycles. The highest BCUT2D eigenvalue weighted by Crippen LogP contribution is 2.28. The third kappa shape index (κ3) is 7.31. The SMILES string of the molecule is CCC(C)C=NC(CNC(=O)c1ccc(NC(=O)c2cc(-c3cccnc3)nc3c(C)cc(C)cc23)cc1)=C(C)C. The minimum Gasteiger partial charge on any atom is -0.346 e. The molecule has 0 saturated carbocycles. The van der Waals surface area contributed by atoms with E-state index in [-0.39, 0.29) is 11.8 Å². The topological polar surface area (TPSA) is 96.3 Å². The molecule has 7 nitrogen and oxygen atoms in total. The van der Waals surface area contributed by atoms with Crippen LogP contribution in [-0.4, -0.2) is 34.5 Å². The Bertz CT molecular complexity index is 1620. The second-order valence-corrected chi connectivity index (χ2v) is 10.6. The zero-order valence-corrected chi connectivity index (χ0v) is 24.6. The normalized spacial score (nSPS) is 11.9. The fourth-order valence-corrected chi connectivity index (χ4v) is 4.37. The Labute approximate surface area is 241 Å². The van der Waals surface area contributed by atoms with Crippen molar-refractivity contribution < 1.29 is 9.59 Å². The number of pyridine rings is 2. The summed E-state index contributed by atoms with van der Waals surface area (Å²) >= 11 is 0. The van der Waals surface area contributed by atoms with Crippen LogP contribution < -0.4 is 10.6 Å². The minimum atomic E-state index is -0.253. The fraction of sp³-hybridized carbons (Fsp3) is 0.265. The molecule has 1 atom stereocenters. The van der Waals surface area contributed by atoms with Crippen molar-refractivity contribution in [1.29, 1.82) is 0 Å². The van der Waals surface area contributed by atoms with Crippen LogP contribution in [0.1, 0.15) is 66.0 Å². The smallest absolute Gasteiger partial charge is 0.256 e. The van der Waals surface area contributed by atoms with Gasteiger partial charge in [0.2, 0.25) is 0 Å². The van der Waals surface area contributed by atoms with Crippen LogP contribution in [0, 0.1) is 19.8 Å². The summed E-state index contributed by atoms with van der Waals surface area (Å²) in [6.07, 6.45) is 6.39. The van der Waals surface area contributed by atoms with Crippen LogP contribution in [0.4, 0.5) is 5.69 Å². The molecule has 4 aromatic rings. The zero-order valence-electron chi connectivity index (χ0n) is 24.6. The summed E-state index contributed by atoms with van der Waals surface area (Å²) < 4.78 is 0. The van der Waals surface area contributed by atoms with Gasteiger partial charge in [-0.1, -0.05) is 31.1 Å². The summed E-state index contributed by atoms with van der Waals surface area (Å²) in [6, 6.07) is 16.5. The van der Waals surface area contributed by atoms with Crippen LogP contribution >= 0.6 is 0 Å². The first-order chi connectivity index (χ1) is 19.7. The number of aliphatic imine (C=N–C) groups is 1. The number of hydrogen-bond donors (Lipinski definition) is 2. The number of fused-ring (bicyclic) bond motifs is 1. The molecule has 2 N–H and O–H groups in total. The summed E-state index contributed by atoms with van der Waals surface area (Å²) in [6.45, 7) is 12.6. The van der Waals surface area contributed by atoms with Crippen molar-refractivity contribution >= 4 is 34.6 Å². The van der Waals surface area contributed by atoms with Gasteiger partial charge in [0, 0.05) is 40.8 Å². The number of nitrogens with one attached hydrogen (secondary N) is 2. The predicted molar refractivity (Wildman–Crippen MR) is 167 cm³/mol. The lowest BCUT2D eigenvalue weighted by Crippen LogP contribution is -2.25. The Morgan fingerprint density at radius 3 is 2.44 bits per heavy atom. The minimum absolute atomic E-state index is 0.201. The van der Waals surface area contributed by atoms with Gasteiger partial charge in [-0.3, -0.25) is 19.6 Å². The number of rotatable bonds is 9. The number of hydrogen-bond acceptors (Lipinski definition) is 5. The van der Waals surface area contributed by atoms with E-state index in [1.165, 1.54) is 0 Å². The number of amides is 2. The van der Waals surface area contributed by atoms with E-state index in [0.717, 1.165) is 45.3 Å². The van der Waals surface area contributed by atoms with Crippen molar-refractivity contribution in [1.82, 2.24) is 15.3 Å². The van der Waals surface area contributed by atoms with Gasteiger partial charge in [0.15, 0.2) is 0 Å². The van der Waals surface area contributed by atoms with Crippen LogP contribution in [0.2, 0.25) is 0 Å². The summed E-state index contributed by atoms with van der Waals surface area (Å²) in [7, 11) is 0. The lowest BCUT2D eigenvalue weighted by molar-refractivity contribution is 0.0956. The van der Waals surface area contributed by atoms with Gasteiger partial charge in [0.1, 0.15) is 0 Å². The molecular formula is C34H37N5O2. The Morgan fingerprint density at radius 2 is 1.78 bits per heavy atom. The lowest BCUT2D eigenvalue weighted by atomic mass is 9.99. The molecule has 0 spiro atoms. The van der Waals surface area contributed by atoms with Gasteiger partial charge in [-0.05, 0) is 94.1 Å². The third-order valence-corrected chi connectivity index (χ3v) is 6.98. The number of benzene rings is 2. The molecule has 2 heterocycles. The average molecular weight is 548 g/mol. The zero-order chi connectivity index (χ0) is 29.5. The number of aryl methyl sites for hydroxylation is 2. The molecule has 1 unspecified atom stereocenters. The quantitative estimate of drug-likeness (QED) is 0.215. The van der Waals surface area contributed by atoms with Crippen LogP contribution in [0.15, 0.2) is 83.3 Å². The maximum Gasteiger partial charge on any atom is 0.256 e. The Morgan fingerprint density at radius 1 is 1.02 bits per heavy atom. The first-order valence-corrected chi connectivity index (χ1v) is 13.9. The highest BCUT2D eigenvalue weighted by Gasteiger charge is 2.17. The van der Waals surface area contributed by atoms with E-state index in [0.29, 0.717) is 35.0 Å². The molecular weight excluding hydrogens is 510 g/mol. The molecule has 0 saturated heterocycles. The van der Waals surface area contributed by atoms with E-state index in [4.69, 9.17) is 4.98 Å². The van der Waals surface area contributed by atoms with E-state index < -0.39 is 0 Å². The second-order valence-electron chi connectivity index (χ2n) is 10.6. The predicted octanol–water partition coefficient (Wildman–Crippen LogP) is 7.31. The second kappa shape index (κ2) is 13.1. The van der Waals surface area contributed by atoms with Crippen molar-refractivity contribution in [3.63, 3.8) is 0 Å². The van der Waals surface area contributed by atoms with Crippen molar-refractivity contribution in [2.24, 2.45) is 10.9 Å². The van der Waals surface area contributed by atoms with E-state index in [9.17, 15) is 9.59 Å². The average Bonchev–Trinajstić information content (AvgIpc) is 2.97. The third-order valence-electron chi connectivity index (χ3n) is 6.98. The Hall–Kier alpha value is -4.65. The Kier molecular flexibility index (Phi) is 9.40. The van der Waals surface area contributed by atoms with E-state index in [1.807, 2.05) is 52.1 Å². The lowest BCUT2D eigenvalue weighted by Gasteiger charge is -2.13. The first kappa shape index (κ1) is 29.3. The molecule has 41 heavy (non-hydrogen) atoms. The Balaban J connectivity index is 1.53. The molecule has 4 rings (SSSR count).